The van der Waals surface area contributed by atoms with Crippen LogP contribution in [-0.4, -0.2) is 23.3 Å². The molecule has 1 heterocycles. The fourth-order valence-corrected chi connectivity index (χ4v) is 2.55. The largest absolute Gasteiger partial charge is 0.398 e. The van der Waals surface area contributed by atoms with Gasteiger partial charge >= 0.3 is 0 Å². The van der Waals surface area contributed by atoms with Crippen molar-refractivity contribution in [3.05, 3.63) is 48.0 Å². The third-order valence-electron chi connectivity index (χ3n) is 3.62. The van der Waals surface area contributed by atoms with Crippen molar-refractivity contribution in [1.29, 1.82) is 0 Å². The molecule has 0 saturated heterocycles. The van der Waals surface area contributed by atoms with Gasteiger partial charge in [0.1, 0.15) is 5.82 Å². The van der Waals surface area contributed by atoms with Crippen LogP contribution in [0.4, 0.5) is 5.69 Å². The van der Waals surface area contributed by atoms with Gasteiger partial charge in [0.2, 0.25) is 0 Å². The predicted molar refractivity (Wildman–Crippen MR) is 86.2 cm³/mol. The lowest BCUT2D eigenvalue weighted by Gasteiger charge is -2.11. The van der Waals surface area contributed by atoms with Crippen LogP contribution in [-0.2, 0) is 11.3 Å². The molecule has 2 aromatic carbocycles. The molecular weight excluding hydrogens is 262 g/mol. The van der Waals surface area contributed by atoms with Gasteiger partial charge in [-0.3, -0.25) is 0 Å². The molecule has 0 fully saturated rings. The normalized spacial score (nSPS) is 11.1. The minimum atomic E-state index is 0.638. The van der Waals surface area contributed by atoms with Crippen LogP contribution in [0.3, 0.4) is 0 Å². The van der Waals surface area contributed by atoms with Gasteiger partial charge in [0.15, 0.2) is 0 Å². The van der Waals surface area contributed by atoms with Crippen LogP contribution in [0.25, 0.3) is 22.4 Å². The fraction of sp³-hybridized carbons (Fsp3) is 0.235. The lowest BCUT2D eigenvalue weighted by Crippen LogP contribution is -2.07. The standard InChI is InChI=1S/C17H19N3O/c1-12-7-8-14(18)13(11-12)17-19-15-5-3-4-6-16(15)20(17)9-10-21-2/h3-8,11H,9-10,18H2,1-2H3. The number of hydrogen-bond donors (Lipinski definition) is 1. The number of anilines is 1. The Balaban J connectivity index is 2.23. The Morgan fingerprint density at radius 1 is 1.19 bits per heavy atom. The van der Waals surface area contributed by atoms with Crippen LogP contribution in [0.15, 0.2) is 42.5 Å². The minimum Gasteiger partial charge on any atom is -0.398 e. The topological polar surface area (TPSA) is 53.1 Å². The summed E-state index contributed by atoms with van der Waals surface area (Å²) in [4.78, 5) is 4.77. The second-order valence-electron chi connectivity index (χ2n) is 5.16. The van der Waals surface area contributed by atoms with Gasteiger partial charge in [0.05, 0.1) is 17.6 Å². The van der Waals surface area contributed by atoms with Crippen LogP contribution in [0.5, 0.6) is 0 Å². The number of methoxy groups -OCH3 is 1. The summed E-state index contributed by atoms with van der Waals surface area (Å²) in [6.45, 7) is 3.45. The Labute approximate surface area is 124 Å². The van der Waals surface area contributed by atoms with Gasteiger partial charge in [-0.25, -0.2) is 4.98 Å². The SMILES string of the molecule is COCCn1c(-c2cc(C)ccc2N)nc2ccccc21. The molecule has 0 aliphatic rings. The molecule has 3 aromatic rings. The fourth-order valence-electron chi connectivity index (χ4n) is 2.55. The van der Waals surface area contributed by atoms with Crippen molar-refractivity contribution in [2.45, 2.75) is 13.5 Å². The molecule has 0 saturated carbocycles. The van der Waals surface area contributed by atoms with E-state index >= 15 is 0 Å². The van der Waals surface area contributed by atoms with Crippen LogP contribution >= 0.6 is 0 Å². The van der Waals surface area contributed by atoms with E-state index in [1.165, 1.54) is 5.56 Å². The third kappa shape index (κ3) is 2.50. The van der Waals surface area contributed by atoms with E-state index in [0.29, 0.717) is 6.61 Å². The highest BCUT2D eigenvalue weighted by Crippen LogP contribution is 2.29. The molecule has 1 aromatic heterocycles. The molecule has 0 amide bonds. The number of ether oxygens (including phenoxy) is 1. The van der Waals surface area contributed by atoms with E-state index in [2.05, 4.69) is 23.6 Å². The predicted octanol–water partition coefficient (Wildman–Crippen LogP) is 3.24. The van der Waals surface area contributed by atoms with Crippen molar-refractivity contribution in [3.63, 3.8) is 0 Å². The van der Waals surface area contributed by atoms with E-state index in [0.717, 1.165) is 34.7 Å². The van der Waals surface area contributed by atoms with Gasteiger partial charge < -0.3 is 15.0 Å². The number of benzene rings is 2. The van der Waals surface area contributed by atoms with Gasteiger partial charge in [-0.15, -0.1) is 0 Å². The molecule has 0 unspecified atom stereocenters. The number of fused-ring (bicyclic) bond motifs is 1. The average molecular weight is 281 g/mol. The molecular formula is C17H19N3O. The minimum absolute atomic E-state index is 0.638. The molecule has 0 bridgehead atoms. The Hall–Kier alpha value is -2.33. The first-order valence-electron chi connectivity index (χ1n) is 7.01. The first-order chi connectivity index (χ1) is 10.2. The van der Waals surface area contributed by atoms with Crippen molar-refractivity contribution in [2.75, 3.05) is 19.5 Å². The molecule has 2 N–H and O–H groups in total. The summed E-state index contributed by atoms with van der Waals surface area (Å²) >= 11 is 0. The Morgan fingerprint density at radius 2 is 2.00 bits per heavy atom. The second-order valence-corrected chi connectivity index (χ2v) is 5.16. The molecule has 108 valence electrons. The highest BCUT2D eigenvalue weighted by molar-refractivity contribution is 5.83. The first kappa shape index (κ1) is 13.6. The number of nitrogen functional groups attached to an aromatic ring is 1. The summed E-state index contributed by atoms with van der Waals surface area (Å²) in [5.74, 6) is 0.898. The number of para-hydroxylation sites is 2. The van der Waals surface area contributed by atoms with Crippen molar-refractivity contribution in [1.82, 2.24) is 9.55 Å². The van der Waals surface area contributed by atoms with E-state index in [4.69, 9.17) is 15.5 Å². The first-order valence-corrected chi connectivity index (χ1v) is 7.01. The summed E-state index contributed by atoms with van der Waals surface area (Å²) in [6.07, 6.45) is 0. The maximum absolute atomic E-state index is 6.16. The highest BCUT2D eigenvalue weighted by atomic mass is 16.5. The number of nitrogens with two attached hydrogens (primary N) is 1. The summed E-state index contributed by atoms with van der Waals surface area (Å²) in [6, 6.07) is 14.2. The third-order valence-corrected chi connectivity index (χ3v) is 3.62. The molecule has 0 radical (unpaired) electrons. The van der Waals surface area contributed by atoms with Gasteiger partial charge in [0, 0.05) is 24.9 Å². The van der Waals surface area contributed by atoms with Crippen molar-refractivity contribution in [3.8, 4) is 11.4 Å². The highest BCUT2D eigenvalue weighted by Gasteiger charge is 2.14. The van der Waals surface area contributed by atoms with E-state index in [9.17, 15) is 0 Å². The maximum atomic E-state index is 6.16. The van der Waals surface area contributed by atoms with Gasteiger partial charge in [-0.2, -0.15) is 0 Å². The molecule has 0 atom stereocenters. The molecule has 0 aliphatic heterocycles. The second kappa shape index (κ2) is 5.58. The number of imidazole rings is 1. The van der Waals surface area contributed by atoms with Crippen LogP contribution in [0, 0.1) is 6.92 Å². The maximum Gasteiger partial charge on any atom is 0.143 e. The Kier molecular flexibility index (Phi) is 3.62. The lowest BCUT2D eigenvalue weighted by molar-refractivity contribution is 0.188. The van der Waals surface area contributed by atoms with E-state index in [1.807, 2.05) is 30.3 Å². The van der Waals surface area contributed by atoms with Crippen molar-refractivity contribution >= 4 is 16.7 Å². The average Bonchev–Trinajstić information content (AvgIpc) is 2.86. The zero-order valence-corrected chi connectivity index (χ0v) is 12.3. The van der Waals surface area contributed by atoms with Crippen LogP contribution in [0.2, 0.25) is 0 Å². The quantitative estimate of drug-likeness (QED) is 0.747. The summed E-state index contributed by atoms with van der Waals surface area (Å²) < 4.78 is 7.40. The summed E-state index contributed by atoms with van der Waals surface area (Å²) in [5, 5.41) is 0. The Morgan fingerprint density at radius 3 is 2.81 bits per heavy atom. The van der Waals surface area contributed by atoms with Crippen molar-refractivity contribution < 1.29 is 4.74 Å². The number of hydrogen-bond acceptors (Lipinski definition) is 3. The smallest absolute Gasteiger partial charge is 0.143 e. The van der Waals surface area contributed by atoms with Crippen LogP contribution < -0.4 is 5.73 Å². The van der Waals surface area contributed by atoms with E-state index in [-0.39, 0.29) is 0 Å². The lowest BCUT2D eigenvalue weighted by atomic mass is 10.1. The van der Waals surface area contributed by atoms with E-state index in [1.54, 1.807) is 7.11 Å². The molecule has 3 rings (SSSR count). The zero-order chi connectivity index (χ0) is 14.8. The molecule has 4 heteroatoms. The number of aromatic nitrogens is 2. The zero-order valence-electron chi connectivity index (χ0n) is 12.3. The molecule has 0 spiro atoms. The number of aryl methyl sites for hydroxylation is 1. The van der Waals surface area contributed by atoms with Gasteiger partial charge in [0.25, 0.3) is 0 Å². The van der Waals surface area contributed by atoms with Crippen LogP contribution in [0.1, 0.15) is 5.56 Å². The van der Waals surface area contributed by atoms with Gasteiger partial charge in [-0.05, 0) is 31.2 Å². The van der Waals surface area contributed by atoms with Crippen molar-refractivity contribution in [2.24, 2.45) is 0 Å². The number of rotatable bonds is 4. The van der Waals surface area contributed by atoms with Gasteiger partial charge in [-0.1, -0.05) is 23.8 Å². The summed E-state index contributed by atoms with van der Waals surface area (Å²) in [7, 11) is 1.71. The molecule has 4 nitrogen and oxygen atoms in total. The molecule has 21 heavy (non-hydrogen) atoms. The number of nitrogens with zero attached hydrogens (tertiary/aromatic N) is 2. The molecule has 0 aliphatic carbocycles. The summed E-state index contributed by atoms with van der Waals surface area (Å²) in [5.41, 5.74) is 11.1. The Bertz CT molecular complexity index is 777. The van der Waals surface area contributed by atoms with E-state index < -0.39 is 0 Å². The monoisotopic (exact) mass is 281 g/mol.